The Bertz CT molecular complexity index is 452. The second-order valence-electron chi connectivity index (χ2n) is 8.71. The summed E-state index contributed by atoms with van der Waals surface area (Å²) in [5, 5.41) is 3.53. The third kappa shape index (κ3) is 9.27. The van der Waals surface area contributed by atoms with Crippen molar-refractivity contribution in [2.75, 3.05) is 78.7 Å². The molecule has 6 nitrogen and oxygen atoms in total. The number of nitrogens with zero attached hydrogens (tertiary/aromatic N) is 4. The van der Waals surface area contributed by atoms with Crippen LogP contribution in [0, 0.1) is 5.92 Å². The Labute approximate surface area is 195 Å². The van der Waals surface area contributed by atoms with E-state index in [0.717, 1.165) is 64.4 Å². The molecule has 3 fully saturated rings. The Morgan fingerprint density at radius 2 is 1.76 bits per heavy atom. The van der Waals surface area contributed by atoms with E-state index in [-0.39, 0.29) is 24.0 Å². The largest absolute Gasteiger partial charge is 0.379 e. The van der Waals surface area contributed by atoms with Crippen LogP contribution in [0.3, 0.4) is 0 Å². The van der Waals surface area contributed by atoms with E-state index in [4.69, 9.17) is 9.73 Å². The number of halogens is 1. The summed E-state index contributed by atoms with van der Waals surface area (Å²) >= 11 is 0. The second kappa shape index (κ2) is 14.8. The lowest BCUT2D eigenvalue weighted by atomic mass is 10.1. The molecule has 3 heterocycles. The molecule has 0 aromatic rings. The van der Waals surface area contributed by atoms with Crippen LogP contribution >= 0.6 is 24.0 Å². The molecule has 1 unspecified atom stereocenters. The highest BCUT2D eigenvalue weighted by molar-refractivity contribution is 14.0. The van der Waals surface area contributed by atoms with Crippen molar-refractivity contribution in [1.29, 1.82) is 0 Å². The maximum atomic E-state index is 5.48. The first-order valence-electron chi connectivity index (χ1n) is 11.9. The zero-order valence-electron chi connectivity index (χ0n) is 18.6. The molecule has 0 bridgehead atoms. The van der Waals surface area contributed by atoms with Gasteiger partial charge in [0.25, 0.3) is 0 Å². The SMILES string of the molecule is CCNC(=NCCCCCN1CCCCC1)N1CCC(CN2CCOCC2)C1.I. The molecule has 7 heteroatoms. The number of piperidine rings is 1. The van der Waals surface area contributed by atoms with Crippen LogP contribution in [0.15, 0.2) is 4.99 Å². The third-order valence-electron chi connectivity index (χ3n) is 6.38. The van der Waals surface area contributed by atoms with E-state index in [9.17, 15) is 0 Å². The van der Waals surface area contributed by atoms with Gasteiger partial charge in [0.15, 0.2) is 5.96 Å². The lowest BCUT2D eigenvalue weighted by molar-refractivity contribution is 0.0315. The Kier molecular flexibility index (Phi) is 12.8. The van der Waals surface area contributed by atoms with Gasteiger partial charge in [-0.25, -0.2) is 0 Å². The minimum Gasteiger partial charge on any atom is -0.379 e. The molecular formula is C22H44IN5O. The zero-order chi connectivity index (χ0) is 19.4. The summed E-state index contributed by atoms with van der Waals surface area (Å²) in [6.07, 6.45) is 9.38. The van der Waals surface area contributed by atoms with Gasteiger partial charge < -0.3 is 19.9 Å². The molecule has 0 saturated carbocycles. The normalized spacial score (nSPS) is 24.5. The smallest absolute Gasteiger partial charge is 0.193 e. The van der Waals surface area contributed by atoms with Gasteiger partial charge in [-0.2, -0.15) is 0 Å². The van der Waals surface area contributed by atoms with Crippen molar-refractivity contribution in [3.8, 4) is 0 Å². The molecule has 1 N–H and O–H groups in total. The molecule has 3 rings (SSSR count). The molecule has 3 aliphatic heterocycles. The second-order valence-corrected chi connectivity index (χ2v) is 8.71. The Balaban J connectivity index is 0.00000300. The van der Waals surface area contributed by atoms with Crippen LogP contribution in [0.1, 0.15) is 51.9 Å². The van der Waals surface area contributed by atoms with E-state index in [1.807, 2.05) is 0 Å². The average Bonchev–Trinajstić information content (AvgIpc) is 3.19. The number of unbranched alkanes of at least 4 members (excludes halogenated alkanes) is 2. The molecule has 3 aliphatic rings. The number of rotatable bonds is 9. The maximum Gasteiger partial charge on any atom is 0.193 e. The minimum atomic E-state index is 0. The van der Waals surface area contributed by atoms with E-state index in [2.05, 4.69) is 26.9 Å². The van der Waals surface area contributed by atoms with Crippen LogP contribution in [-0.2, 0) is 4.74 Å². The summed E-state index contributed by atoms with van der Waals surface area (Å²) in [5.41, 5.74) is 0. The van der Waals surface area contributed by atoms with Gasteiger partial charge in [-0.05, 0) is 64.6 Å². The summed E-state index contributed by atoms with van der Waals surface area (Å²) in [7, 11) is 0. The lowest BCUT2D eigenvalue weighted by Gasteiger charge is -2.29. The Morgan fingerprint density at radius 3 is 2.52 bits per heavy atom. The van der Waals surface area contributed by atoms with Gasteiger partial charge in [0.1, 0.15) is 0 Å². The number of nitrogens with one attached hydrogen (secondary N) is 1. The maximum absolute atomic E-state index is 5.48. The molecule has 0 aromatic heterocycles. The van der Waals surface area contributed by atoms with Gasteiger partial charge in [0.2, 0.25) is 0 Å². The molecule has 29 heavy (non-hydrogen) atoms. The van der Waals surface area contributed by atoms with E-state index in [0.29, 0.717) is 0 Å². The number of hydrogen-bond donors (Lipinski definition) is 1. The van der Waals surface area contributed by atoms with Crippen LogP contribution in [0.2, 0.25) is 0 Å². The number of ether oxygens (including phenoxy) is 1. The molecule has 0 aliphatic carbocycles. The van der Waals surface area contributed by atoms with Gasteiger partial charge in [0.05, 0.1) is 13.2 Å². The summed E-state index contributed by atoms with van der Waals surface area (Å²) in [4.78, 5) is 12.7. The van der Waals surface area contributed by atoms with Crippen LogP contribution in [-0.4, -0.2) is 99.3 Å². The molecule has 0 aromatic carbocycles. The van der Waals surface area contributed by atoms with Crippen LogP contribution < -0.4 is 5.32 Å². The molecule has 0 amide bonds. The fourth-order valence-electron chi connectivity index (χ4n) is 4.74. The van der Waals surface area contributed by atoms with E-state index >= 15 is 0 Å². The van der Waals surface area contributed by atoms with Gasteiger partial charge >= 0.3 is 0 Å². The van der Waals surface area contributed by atoms with Crippen LogP contribution in [0.4, 0.5) is 0 Å². The molecule has 0 spiro atoms. The van der Waals surface area contributed by atoms with Gasteiger partial charge in [-0.1, -0.05) is 12.8 Å². The number of guanidine groups is 1. The van der Waals surface area contributed by atoms with Gasteiger partial charge in [-0.3, -0.25) is 9.89 Å². The number of likely N-dealkylation sites (tertiary alicyclic amines) is 2. The van der Waals surface area contributed by atoms with Crippen molar-refractivity contribution in [1.82, 2.24) is 20.0 Å². The first kappa shape index (κ1) is 25.1. The monoisotopic (exact) mass is 521 g/mol. The first-order valence-corrected chi connectivity index (χ1v) is 11.9. The standard InChI is InChI=1S/C22H43N5O.HI/c1-2-23-22(24-10-5-3-6-11-25-12-7-4-8-13-25)27-14-9-21(20-27)19-26-15-17-28-18-16-26;/h21H,2-20H2,1H3,(H,23,24);1H. The number of hydrogen-bond acceptors (Lipinski definition) is 4. The van der Waals surface area contributed by atoms with E-state index in [1.54, 1.807) is 0 Å². The quantitative estimate of drug-likeness (QED) is 0.219. The molecule has 1 atom stereocenters. The molecule has 170 valence electrons. The number of aliphatic imine (C=N–C) groups is 1. The highest BCUT2D eigenvalue weighted by Gasteiger charge is 2.27. The van der Waals surface area contributed by atoms with Crippen molar-refractivity contribution in [3.05, 3.63) is 0 Å². The van der Waals surface area contributed by atoms with E-state index < -0.39 is 0 Å². The van der Waals surface area contributed by atoms with Crippen molar-refractivity contribution in [2.24, 2.45) is 10.9 Å². The lowest BCUT2D eigenvalue weighted by Crippen LogP contribution is -2.42. The molecule has 0 radical (unpaired) electrons. The Morgan fingerprint density at radius 1 is 0.966 bits per heavy atom. The molecule has 3 saturated heterocycles. The first-order chi connectivity index (χ1) is 13.8. The Hall–Kier alpha value is -0.120. The van der Waals surface area contributed by atoms with E-state index in [1.165, 1.54) is 71.1 Å². The number of morpholine rings is 1. The average molecular weight is 522 g/mol. The van der Waals surface area contributed by atoms with Crippen LogP contribution in [0.5, 0.6) is 0 Å². The summed E-state index contributed by atoms with van der Waals surface area (Å²) < 4.78 is 5.48. The summed E-state index contributed by atoms with van der Waals surface area (Å²) in [5.74, 6) is 1.91. The van der Waals surface area contributed by atoms with Crippen molar-refractivity contribution in [3.63, 3.8) is 0 Å². The highest BCUT2D eigenvalue weighted by Crippen LogP contribution is 2.18. The summed E-state index contributed by atoms with van der Waals surface area (Å²) in [6.45, 7) is 15.6. The predicted octanol–water partition coefficient (Wildman–Crippen LogP) is 2.88. The fraction of sp³-hybridized carbons (Fsp3) is 0.955. The van der Waals surface area contributed by atoms with Crippen molar-refractivity contribution >= 4 is 29.9 Å². The summed E-state index contributed by atoms with van der Waals surface area (Å²) in [6, 6.07) is 0. The highest BCUT2D eigenvalue weighted by atomic mass is 127. The van der Waals surface area contributed by atoms with Crippen molar-refractivity contribution < 1.29 is 4.74 Å². The minimum absolute atomic E-state index is 0. The van der Waals surface area contributed by atoms with Crippen molar-refractivity contribution in [2.45, 2.75) is 51.9 Å². The van der Waals surface area contributed by atoms with Gasteiger partial charge in [0, 0.05) is 45.8 Å². The fourth-order valence-corrected chi connectivity index (χ4v) is 4.74. The predicted molar refractivity (Wildman–Crippen MR) is 132 cm³/mol. The van der Waals surface area contributed by atoms with Crippen LogP contribution in [0.25, 0.3) is 0 Å². The zero-order valence-corrected chi connectivity index (χ0v) is 20.9. The topological polar surface area (TPSA) is 43.3 Å². The van der Waals surface area contributed by atoms with Gasteiger partial charge in [-0.15, -0.1) is 24.0 Å². The third-order valence-corrected chi connectivity index (χ3v) is 6.38. The molecular weight excluding hydrogens is 477 g/mol.